The van der Waals surface area contributed by atoms with E-state index in [0.29, 0.717) is 0 Å². The van der Waals surface area contributed by atoms with E-state index in [1.165, 1.54) is 13.2 Å². The number of para-hydroxylation sites is 1. The van der Waals surface area contributed by atoms with Crippen LogP contribution in [-0.2, 0) is 4.43 Å². The highest BCUT2D eigenvalue weighted by atomic mass is 35.5. The minimum absolute atomic E-state index is 0.173. The van der Waals surface area contributed by atoms with Crippen molar-refractivity contribution in [2.45, 2.75) is 55.5 Å². The molecule has 0 aliphatic carbocycles. The fraction of sp³-hybridized carbons (Fsp3) is 0.625. The van der Waals surface area contributed by atoms with Crippen molar-refractivity contribution in [2.24, 2.45) is 0 Å². The SMILES string of the molecule is COc1ccccc1[C@H](O[Si](C)(C)C(C)(C)C)C(Cl)(Cl)C(F)(F)F. The molecule has 0 aliphatic rings. The summed E-state index contributed by atoms with van der Waals surface area (Å²) in [5, 5.41) is -0.317. The zero-order chi connectivity index (χ0) is 19.0. The van der Waals surface area contributed by atoms with Crippen LogP contribution in [0.4, 0.5) is 13.2 Å². The minimum Gasteiger partial charge on any atom is -0.496 e. The Labute approximate surface area is 152 Å². The number of ether oxygens (including phenoxy) is 1. The first kappa shape index (κ1) is 21.6. The van der Waals surface area contributed by atoms with E-state index in [0.717, 1.165) is 0 Å². The molecule has 8 heteroatoms. The maximum absolute atomic E-state index is 13.5. The Morgan fingerprint density at radius 2 is 1.54 bits per heavy atom. The zero-order valence-corrected chi connectivity index (χ0v) is 17.1. The molecule has 0 saturated heterocycles. The van der Waals surface area contributed by atoms with E-state index in [1.54, 1.807) is 18.2 Å². The van der Waals surface area contributed by atoms with Gasteiger partial charge in [-0.15, -0.1) is 0 Å². The van der Waals surface area contributed by atoms with Crippen LogP contribution in [0.5, 0.6) is 5.75 Å². The van der Waals surface area contributed by atoms with Crippen molar-refractivity contribution in [3.05, 3.63) is 29.8 Å². The molecule has 1 atom stereocenters. The van der Waals surface area contributed by atoms with Gasteiger partial charge in [0.15, 0.2) is 8.32 Å². The third-order valence-corrected chi connectivity index (χ3v) is 9.61. The maximum atomic E-state index is 13.5. The Balaban J connectivity index is 3.49. The summed E-state index contributed by atoms with van der Waals surface area (Å²) in [7, 11) is -1.22. The number of hydrogen-bond acceptors (Lipinski definition) is 2. The summed E-state index contributed by atoms with van der Waals surface area (Å²) in [6, 6.07) is 6.29. The summed E-state index contributed by atoms with van der Waals surface area (Å²) < 4.78 is 48.6. The number of benzene rings is 1. The lowest BCUT2D eigenvalue weighted by Gasteiger charge is -2.43. The van der Waals surface area contributed by atoms with E-state index >= 15 is 0 Å². The van der Waals surface area contributed by atoms with Gasteiger partial charge < -0.3 is 9.16 Å². The van der Waals surface area contributed by atoms with Crippen molar-refractivity contribution in [2.75, 3.05) is 7.11 Å². The molecule has 0 spiro atoms. The first-order chi connectivity index (χ1) is 10.6. The quantitative estimate of drug-likeness (QED) is 0.413. The fourth-order valence-corrected chi connectivity index (χ4v) is 3.56. The van der Waals surface area contributed by atoms with Crippen molar-refractivity contribution < 1.29 is 22.3 Å². The lowest BCUT2D eigenvalue weighted by atomic mass is 10.0. The minimum atomic E-state index is -4.87. The van der Waals surface area contributed by atoms with E-state index in [4.69, 9.17) is 32.4 Å². The molecule has 1 rings (SSSR count). The first-order valence-electron chi connectivity index (χ1n) is 7.40. The van der Waals surface area contributed by atoms with Crippen LogP contribution in [0.2, 0.25) is 18.1 Å². The smallest absolute Gasteiger partial charge is 0.424 e. The van der Waals surface area contributed by atoms with Gasteiger partial charge >= 0.3 is 6.18 Å². The molecule has 0 aliphatic heterocycles. The zero-order valence-electron chi connectivity index (χ0n) is 14.6. The molecule has 0 aromatic heterocycles. The average Bonchev–Trinajstić information content (AvgIpc) is 2.42. The maximum Gasteiger partial charge on any atom is 0.424 e. The van der Waals surface area contributed by atoms with E-state index in [2.05, 4.69) is 0 Å². The number of methoxy groups -OCH3 is 1. The lowest BCUT2D eigenvalue weighted by Crippen LogP contribution is -2.49. The highest BCUT2D eigenvalue weighted by Gasteiger charge is 2.61. The van der Waals surface area contributed by atoms with Crippen LogP contribution in [0.3, 0.4) is 0 Å². The second-order valence-electron chi connectivity index (χ2n) is 7.12. The van der Waals surface area contributed by atoms with Gasteiger partial charge in [-0.1, -0.05) is 62.2 Å². The van der Waals surface area contributed by atoms with Crippen molar-refractivity contribution >= 4 is 31.5 Å². The van der Waals surface area contributed by atoms with E-state index in [9.17, 15) is 13.2 Å². The second-order valence-corrected chi connectivity index (χ2v) is 13.3. The molecule has 0 bridgehead atoms. The highest BCUT2D eigenvalue weighted by Crippen LogP contribution is 2.54. The van der Waals surface area contributed by atoms with Crippen LogP contribution in [0.1, 0.15) is 32.4 Å². The standard InChI is InChI=1S/C16H23Cl2F3O2Si/c1-14(2,3)24(5,6)23-13(15(17,18)16(19,20)21)11-9-7-8-10-12(11)22-4/h7-10,13H,1-6H3/t13-/m0/s1. The molecule has 1 aromatic rings. The highest BCUT2D eigenvalue weighted by molar-refractivity contribution is 6.74. The molecule has 1 aromatic carbocycles. The monoisotopic (exact) mass is 402 g/mol. The summed E-state index contributed by atoms with van der Waals surface area (Å²) in [4.78, 5) is 0. The van der Waals surface area contributed by atoms with Gasteiger partial charge in [0.05, 0.1) is 7.11 Å². The molecule has 0 saturated carbocycles. The number of halogens is 5. The predicted octanol–water partition coefficient (Wildman–Crippen LogP) is 6.49. The van der Waals surface area contributed by atoms with Gasteiger partial charge in [-0.3, -0.25) is 0 Å². The van der Waals surface area contributed by atoms with Crippen molar-refractivity contribution in [1.29, 1.82) is 0 Å². The van der Waals surface area contributed by atoms with Gasteiger partial charge in [0, 0.05) is 5.56 Å². The second kappa shape index (κ2) is 7.06. The molecule has 0 fully saturated rings. The molecule has 138 valence electrons. The first-order valence-corrected chi connectivity index (χ1v) is 11.1. The molecule has 2 nitrogen and oxygen atoms in total. The normalized spacial score (nSPS) is 15.3. The number of alkyl halides is 5. The Bertz CT molecular complexity index is 569. The van der Waals surface area contributed by atoms with Gasteiger partial charge in [-0.25, -0.2) is 0 Å². The molecular formula is C16H23Cl2F3O2Si. The predicted molar refractivity (Wildman–Crippen MR) is 94.5 cm³/mol. The van der Waals surface area contributed by atoms with Crippen LogP contribution in [0.15, 0.2) is 24.3 Å². The van der Waals surface area contributed by atoms with Gasteiger partial charge in [0.1, 0.15) is 11.9 Å². The summed E-state index contributed by atoms with van der Waals surface area (Å²) in [5.41, 5.74) is 0.173. The third-order valence-electron chi connectivity index (χ3n) is 4.35. The summed E-state index contributed by atoms with van der Waals surface area (Å²) in [5.74, 6) is 0.246. The Morgan fingerprint density at radius 3 is 1.96 bits per heavy atom. The molecule has 24 heavy (non-hydrogen) atoms. The van der Waals surface area contributed by atoms with Crippen LogP contribution < -0.4 is 4.74 Å². The van der Waals surface area contributed by atoms with Crippen LogP contribution in [0.25, 0.3) is 0 Å². The average molecular weight is 403 g/mol. The molecule has 0 unspecified atom stereocenters. The van der Waals surface area contributed by atoms with Crippen molar-refractivity contribution in [3.63, 3.8) is 0 Å². The van der Waals surface area contributed by atoms with Crippen molar-refractivity contribution in [3.8, 4) is 5.75 Å². The van der Waals surface area contributed by atoms with Crippen LogP contribution in [0, 0.1) is 0 Å². The van der Waals surface area contributed by atoms with Gasteiger partial charge in [0.25, 0.3) is 0 Å². The van der Waals surface area contributed by atoms with Gasteiger partial charge in [0.2, 0.25) is 4.33 Å². The summed E-state index contributed by atoms with van der Waals surface area (Å²) in [6.07, 6.45) is -6.47. The van der Waals surface area contributed by atoms with E-state index < -0.39 is 24.9 Å². The van der Waals surface area contributed by atoms with E-state index in [1.807, 2.05) is 33.9 Å². The Hall–Kier alpha value is -0.433. The summed E-state index contributed by atoms with van der Waals surface area (Å²) >= 11 is 11.6. The largest absolute Gasteiger partial charge is 0.496 e. The Morgan fingerprint density at radius 1 is 1.04 bits per heavy atom. The third kappa shape index (κ3) is 4.39. The van der Waals surface area contributed by atoms with Gasteiger partial charge in [-0.2, -0.15) is 13.2 Å². The molecule has 0 radical (unpaired) electrons. The van der Waals surface area contributed by atoms with Crippen molar-refractivity contribution in [1.82, 2.24) is 0 Å². The fourth-order valence-electron chi connectivity index (χ4n) is 1.84. The molecule has 0 amide bonds. The molecule has 0 heterocycles. The molecular weight excluding hydrogens is 380 g/mol. The topological polar surface area (TPSA) is 18.5 Å². The van der Waals surface area contributed by atoms with Gasteiger partial charge in [-0.05, 0) is 24.2 Å². The number of rotatable bonds is 5. The number of hydrogen-bond donors (Lipinski definition) is 0. The van der Waals surface area contributed by atoms with E-state index in [-0.39, 0.29) is 16.4 Å². The summed E-state index contributed by atoms with van der Waals surface area (Å²) in [6.45, 7) is 9.47. The van der Waals surface area contributed by atoms with Crippen LogP contribution >= 0.6 is 23.2 Å². The lowest BCUT2D eigenvalue weighted by molar-refractivity contribution is -0.161. The molecule has 0 N–H and O–H groups in total. The Kier molecular flexibility index (Phi) is 6.35. The van der Waals surface area contributed by atoms with Crippen LogP contribution in [-0.4, -0.2) is 25.9 Å².